The van der Waals surface area contributed by atoms with Crippen molar-refractivity contribution in [1.82, 2.24) is 19.5 Å². The molecule has 0 unspecified atom stereocenters. The lowest BCUT2D eigenvalue weighted by Gasteiger charge is -2.34. The van der Waals surface area contributed by atoms with Gasteiger partial charge in [0, 0.05) is 18.3 Å². The third-order valence-corrected chi connectivity index (χ3v) is 7.89. The van der Waals surface area contributed by atoms with E-state index in [1.165, 1.54) is 11.8 Å². The second-order valence-electron chi connectivity index (χ2n) is 7.00. The maximum Gasteiger partial charge on any atom is 0.233 e. The van der Waals surface area contributed by atoms with E-state index in [1.807, 2.05) is 33.7 Å². The summed E-state index contributed by atoms with van der Waals surface area (Å²) in [5, 5.41) is 8.94. The highest BCUT2D eigenvalue weighted by molar-refractivity contribution is 7.99. The Kier molecular flexibility index (Phi) is 4.92. The number of pyridine rings is 1. The van der Waals surface area contributed by atoms with Crippen LogP contribution < -0.4 is 0 Å². The molecule has 140 valence electrons. The molecule has 2 aromatic heterocycles. The van der Waals surface area contributed by atoms with Crippen LogP contribution in [-0.2, 0) is 14.6 Å². The van der Waals surface area contributed by atoms with Crippen LogP contribution in [0.25, 0.3) is 5.65 Å². The highest BCUT2D eigenvalue weighted by Crippen LogP contribution is 2.30. The number of rotatable bonds is 5. The lowest BCUT2D eigenvalue weighted by Crippen LogP contribution is -2.47. The zero-order chi connectivity index (χ0) is 18.1. The number of nitrogens with zero attached hydrogens (tertiary/aromatic N) is 4. The molecule has 2 aliphatic rings. The number of aromatic nitrogens is 3. The van der Waals surface area contributed by atoms with Gasteiger partial charge < -0.3 is 4.90 Å². The van der Waals surface area contributed by atoms with Gasteiger partial charge in [-0.05, 0) is 31.4 Å². The van der Waals surface area contributed by atoms with Crippen molar-refractivity contribution in [2.75, 3.05) is 17.3 Å². The number of amides is 1. The molecule has 0 spiro atoms. The van der Waals surface area contributed by atoms with E-state index < -0.39 is 9.84 Å². The summed E-state index contributed by atoms with van der Waals surface area (Å²) >= 11 is 1.36. The average Bonchev–Trinajstić information content (AvgIpc) is 3.34. The van der Waals surface area contributed by atoms with E-state index >= 15 is 0 Å². The zero-order valence-electron chi connectivity index (χ0n) is 14.5. The first-order valence-corrected chi connectivity index (χ1v) is 11.8. The minimum Gasteiger partial charge on any atom is -0.335 e. The van der Waals surface area contributed by atoms with Gasteiger partial charge in [0.15, 0.2) is 20.6 Å². The van der Waals surface area contributed by atoms with Crippen LogP contribution in [0.4, 0.5) is 0 Å². The monoisotopic (exact) mass is 394 g/mol. The Hall–Kier alpha value is -1.61. The molecule has 7 nitrogen and oxygen atoms in total. The first-order valence-electron chi connectivity index (χ1n) is 8.98. The number of sulfone groups is 1. The Balaban J connectivity index is 1.49. The molecule has 9 heteroatoms. The molecule has 4 rings (SSSR count). The van der Waals surface area contributed by atoms with Gasteiger partial charge in [0.1, 0.15) is 0 Å². The number of hydrogen-bond donors (Lipinski definition) is 0. The summed E-state index contributed by atoms with van der Waals surface area (Å²) in [7, 11) is -3.02. The lowest BCUT2D eigenvalue weighted by atomic mass is 10.1. The van der Waals surface area contributed by atoms with Gasteiger partial charge in [-0.15, -0.1) is 10.2 Å². The first-order chi connectivity index (χ1) is 12.5. The van der Waals surface area contributed by atoms with E-state index in [-0.39, 0.29) is 35.2 Å². The maximum absolute atomic E-state index is 13.0. The SMILES string of the molecule is O=C(CSc1nnc2ccccn12)N(C1CCCC1)[C@H]1CCS(=O)(=O)C1. The quantitative estimate of drug-likeness (QED) is 0.719. The third kappa shape index (κ3) is 3.59. The molecule has 0 aromatic carbocycles. The average molecular weight is 395 g/mol. The topological polar surface area (TPSA) is 84.6 Å². The van der Waals surface area contributed by atoms with Crippen LogP contribution in [0.15, 0.2) is 29.6 Å². The summed E-state index contributed by atoms with van der Waals surface area (Å²) in [5.41, 5.74) is 0.747. The van der Waals surface area contributed by atoms with Gasteiger partial charge in [-0.2, -0.15) is 0 Å². The van der Waals surface area contributed by atoms with Gasteiger partial charge >= 0.3 is 0 Å². The van der Waals surface area contributed by atoms with Crippen LogP contribution in [0.5, 0.6) is 0 Å². The molecule has 2 aromatic rings. The Morgan fingerprint density at radius 1 is 1.19 bits per heavy atom. The van der Waals surface area contributed by atoms with Crippen molar-refractivity contribution in [1.29, 1.82) is 0 Å². The fourth-order valence-corrected chi connectivity index (χ4v) is 6.51. The normalized spacial score (nSPS) is 22.8. The van der Waals surface area contributed by atoms with Crippen LogP contribution >= 0.6 is 11.8 Å². The Bertz CT molecular complexity index is 906. The van der Waals surface area contributed by atoms with Crippen molar-refractivity contribution in [3.05, 3.63) is 24.4 Å². The van der Waals surface area contributed by atoms with Crippen LogP contribution in [0.2, 0.25) is 0 Å². The van der Waals surface area contributed by atoms with Gasteiger partial charge in [0.2, 0.25) is 5.91 Å². The van der Waals surface area contributed by atoms with Crippen LogP contribution in [0.1, 0.15) is 32.1 Å². The minimum absolute atomic E-state index is 0.0108. The molecule has 26 heavy (non-hydrogen) atoms. The van der Waals surface area contributed by atoms with E-state index in [9.17, 15) is 13.2 Å². The maximum atomic E-state index is 13.0. The molecule has 1 saturated heterocycles. The molecule has 1 aliphatic heterocycles. The lowest BCUT2D eigenvalue weighted by molar-refractivity contribution is -0.132. The first kappa shape index (κ1) is 17.8. The molecular formula is C17H22N4O3S2. The molecule has 0 bridgehead atoms. The van der Waals surface area contributed by atoms with Crippen molar-refractivity contribution in [3.8, 4) is 0 Å². The van der Waals surface area contributed by atoms with Crippen molar-refractivity contribution >= 4 is 33.2 Å². The Morgan fingerprint density at radius 2 is 2.00 bits per heavy atom. The van der Waals surface area contributed by atoms with E-state index in [4.69, 9.17) is 0 Å². The largest absolute Gasteiger partial charge is 0.335 e. The molecule has 0 N–H and O–H groups in total. The number of carbonyl (C=O) groups excluding carboxylic acids is 1. The van der Waals surface area contributed by atoms with E-state index in [0.29, 0.717) is 11.6 Å². The number of hydrogen-bond acceptors (Lipinski definition) is 6. The zero-order valence-corrected chi connectivity index (χ0v) is 16.1. The van der Waals surface area contributed by atoms with Gasteiger partial charge in [0.05, 0.1) is 17.3 Å². The van der Waals surface area contributed by atoms with E-state index in [0.717, 1.165) is 31.3 Å². The van der Waals surface area contributed by atoms with Crippen LogP contribution in [0.3, 0.4) is 0 Å². The summed E-state index contributed by atoms with van der Waals surface area (Å²) in [4.78, 5) is 14.9. The fourth-order valence-electron chi connectivity index (χ4n) is 4.00. The third-order valence-electron chi connectivity index (χ3n) is 5.22. The number of thioether (sulfide) groups is 1. The molecular weight excluding hydrogens is 372 g/mol. The van der Waals surface area contributed by atoms with Crippen molar-refractivity contribution in [2.45, 2.75) is 49.3 Å². The molecule has 2 fully saturated rings. The molecule has 1 saturated carbocycles. The van der Waals surface area contributed by atoms with Crippen LogP contribution in [-0.4, -0.2) is 63.2 Å². The Morgan fingerprint density at radius 3 is 2.73 bits per heavy atom. The summed E-state index contributed by atoms with van der Waals surface area (Å²) in [5.74, 6) is 0.559. The predicted molar refractivity (Wildman–Crippen MR) is 99.9 cm³/mol. The molecule has 3 heterocycles. The van der Waals surface area contributed by atoms with Gasteiger partial charge in [0.25, 0.3) is 0 Å². The minimum atomic E-state index is -3.02. The predicted octanol–water partition coefficient (Wildman–Crippen LogP) is 1.78. The highest BCUT2D eigenvalue weighted by Gasteiger charge is 2.38. The number of fused-ring (bicyclic) bond motifs is 1. The van der Waals surface area contributed by atoms with Gasteiger partial charge in [-0.3, -0.25) is 9.20 Å². The van der Waals surface area contributed by atoms with Crippen molar-refractivity contribution in [2.24, 2.45) is 0 Å². The second-order valence-corrected chi connectivity index (χ2v) is 10.2. The smallest absolute Gasteiger partial charge is 0.233 e. The van der Waals surface area contributed by atoms with Crippen molar-refractivity contribution < 1.29 is 13.2 Å². The number of carbonyl (C=O) groups is 1. The van der Waals surface area contributed by atoms with Crippen LogP contribution in [0, 0.1) is 0 Å². The molecule has 0 radical (unpaired) electrons. The summed E-state index contributed by atoms with van der Waals surface area (Å²) in [6, 6.07) is 5.66. The van der Waals surface area contributed by atoms with E-state index in [1.54, 1.807) is 0 Å². The van der Waals surface area contributed by atoms with Crippen molar-refractivity contribution in [3.63, 3.8) is 0 Å². The second kappa shape index (κ2) is 7.19. The molecule has 1 aliphatic carbocycles. The summed E-state index contributed by atoms with van der Waals surface area (Å²) in [6.45, 7) is 0. The molecule has 1 amide bonds. The Labute approximate surface area is 157 Å². The summed E-state index contributed by atoms with van der Waals surface area (Å²) < 4.78 is 25.7. The summed E-state index contributed by atoms with van der Waals surface area (Å²) in [6.07, 6.45) is 6.59. The van der Waals surface area contributed by atoms with E-state index in [2.05, 4.69) is 10.2 Å². The highest BCUT2D eigenvalue weighted by atomic mass is 32.2. The fraction of sp³-hybridized carbons (Fsp3) is 0.588. The standard InChI is InChI=1S/C17H22N4O3S2/c22-16(11-25-17-19-18-15-7-3-4-9-20(15)17)21(13-5-1-2-6-13)14-8-10-26(23,24)12-14/h3-4,7,9,13-14H,1-2,5-6,8,10-12H2/t14-/m0/s1. The van der Waals surface area contributed by atoms with Gasteiger partial charge in [-0.25, -0.2) is 8.42 Å². The van der Waals surface area contributed by atoms with Gasteiger partial charge in [-0.1, -0.05) is 30.7 Å². The molecule has 1 atom stereocenters.